The summed E-state index contributed by atoms with van der Waals surface area (Å²) < 4.78 is 10.7. The summed E-state index contributed by atoms with van der Waals surface area (Å²) in [6.45, 7) is 0.754. The SMILES string of the molecule is CN(CCO)c1cc2sc3cc(/C=C(\C#N)c4nc5ccccc5o4)sc3c2s1. The van der Waals surface area contributed by atoms with Crippen LogP contribution in [0.1, 0.15) is 10.8 Å². The minimum Gasteiger partial charge on any atom is -0.435 e. The van der Waals surface area contributed by atoms with Crippen LogP contribution in [0.5, 0.6) is 0 Å². The molecule has 5 aromatic rings. The smallest absolute Gasteiger partial charge is 0.238 e. The number of rotatable bonds is 5. The summed E-state index contributed by atoms with van der Waals surface area (Å²) in [4.78, 5) is 7.51. The Kier molecular flexibility index (Phi) is 4.60. The minimum atomic E-state index is 0.137. The summed E-state index contributed by atoms with van der Waals surface area (Å²) in [6.07, 6.45) is 1.85. The molecule has 5 rings (SSSR count). The van der Waals surface area contributed by atoms with Gasteiger partial charge in [-0.2, -0.15) is 5.26 Å². The first kappa shape index (κ1) is 18.3. The molecule has 0 spiro atoms. The first-order valence-electron chi connectivity index (χ1n) is 8.92. The van der Waals surface area contributed by atoms with Gasteiger partial charge in [0.2, 0.25) is 5.89 Å². The monoisotopic (exact) mass is 437 g/mol. The van der Waals surface area contributed by atoms with Crippen molar-refractivity contribution in [2.75, 3.05) is 25.1 Å². The Morgan fingerprint density at radius 1 is 1.21 bits per heavy atom. The predicted octanol–water partition coefficient (Wildman–Crippen LogP) is 5.81. The molecule has 0 radical (unpaired) electrons. The number of anilines is 1. The van der Waals surface area contributed by atoms with E-state index in [4.69, 9.17) is 9.52 Å². The van der Waals surface area contributed by atoms with Gasteiger partial charge in [0.05, 0.1) is 21.0 Å². The lowest BCUT2D eigenvalue weighted by molar-refractivity contribution is 0.304. The number of aromatic nitrogens is 1. The number of oxazole rings is 1. The highest BCUT2D eigenvalue weighted by Gasteiger charge is 2.16. The average molecular weight is 438 g/mol. The van der Waals surface area contributed by atoms with Crippen LogP contribution in [0.3, 0.4) is 0 Å². The van der Waals surface area contributed by atoms with Crippen molar-refractivity contribution in [3.8, 4) is 6.07 Å². The quantitative estimate of drug-likeness (QED) is 0.351. The molecular weight excluding hydrogens is 422 g/mol. The van der Waals surface area contributed by atoms with E-state index < -0.39 is 0 Å². The zero-order valence-corrected chi connectivity index (χ0v) is 17.8. The first-order valence-corrected chi connectivity index (χ1v) is 11.4. The molecular formula is C21H15N3O2S3. The molecule has 0 fully saturated rings. The van der Waals surface area contributed by atoms with Crippen molar-refractivity contribution < 1.29 is 9.52 Å². The van der Waals surface area contributed by atoms with E-state index in [-0.39, 0.29) is 6.61 Å². The summed E-state index contributed by atoms with van der Waals surface area (Å²) in [5, 5.41) is 20.0. The van der Waals surface area contributed by atoms with E-state index in [1.165, 1.54) is 18.8 Å². The van der Waals surface area contributed by atoms with E-state index in [9.17, 15) is 5.26 Å². The molecule has 0 aliphatic rings. The van der Waals surface area contributed by atoms with Crippen molar-refractivity contribution in [2.24, 2.45) is 0 Å². The van der Waals surface area contributed by atoms with Gasteiger partial charge in [0.1, 0.15) is 17.2 Å². The van der Waals surface area contributed by atoms with Gasteiger partial charge in [-0.05, 0) is 30.3 Å². The number of nitrogens with zero attached hydrogens (tertiary/aromatic N) is 3. The lowest BCUT2D eigenvalue weighted by Crippen LogP contribution is -2.19. The van der Waals surface area contributed by atoms with Gasteiger partial charge < -0.3 is 14.4 Å². The number of thiophene rings is 3. The largest absolute Gasteiger partial charge is 0.435 e. The molecule has 5 nitrogen and oxygen atoms in total. The maximum Gasteiger partial charge on any atom is 0.238 e. The van der Waals surface area contributed by atoms with Gasteiger partial charge >= 0.3 is 0 Å². The summed E-state index contributed by atoms with van der Waals surface area (Å²) in [5.41, 5.74) is 1.84. The lowest BCUT2D eigenvalue weighted by atomic mass is 10.2. The summed E-state index contributed by atoms with van der Waals surface area (Å²) in [6, 6.07) is 14.0. The molecule has 1 aromatic carbocycles. The topological polar surface area (TPSA) is 73.3 Å². The average Bonchev–Trinajstić information content (AvgIpc) is 3.45. The molecule has 4 aromatic heterocycles. The van der Waals surface area contributed by atoms with Crippen LogP contribution in [0.25, 0.3) is 41.5 Å². The van der Waals surface area contributed by atoms with Crippen LogP contribution < -0.4 is 4.90 Å². The number of hydrogen-bond acceptors (Lipinski definition) is 8. The summed E-state index contributed by atoms with van der Waals surface area (Å²) >= 11 is 5.16. The number of fused-ring (bicyclic) bond motifs is 4. The lowest BCUT2D eigenvalue weighted by Gasteiger charge is -2.14. The van der Waals surface area contributed by atoms with E-state index in [1.807, 2.05) is 37.4 Å². The van der Waals surface area contributed by atoms with Crippen LogP contribution in [0.4, 0.5) is 5.00 Å². The molecule has 0 aliphatic carbocycles. The van der Waals surface area contributed by atoms with E-state index >= 15 is 0 Å². The van der Waals surface area contributed by atoms with Gasteiger partial charge in [0.15, 0.2) is 5.58 Å². The second-order valence-electron chi connectivity index (χ2n) is 6.52. The third-order valence-corrected chi connectivity index (χ3v) is 8.41. The Hall–Kier alpha value is -2.70. The second kappa shape index (κ2) is 7.28. The molecule has 4 heterocycles. The number of para-hydroxylation sites is 2. The highest BCUT2D eigenvalue weighted by Crippen LogP contribution is 2.46. The van der Waals surface area contributed by atoms with Crippen molar-refractivity contribution in [3.05, 3.63) is 47.2 Å². The molecule has 29 heavy (non-hydrogen) atoms. The molecule has 0 unspecified atom stereocenters. The molecule has 0 saturated heterocycles. The number of likely N-dealkylation sites (N-methyl/N-ethyl adjacent to an activating group) is 1. The van der Waals surface area contributed by atoms with Crippen LogP contribution in [-0.2, 0) is 0 Å². The highest BCUT2D eigenvalue weighted by atomic mass is 32.1. The van der Waals surface area contributed by atoms with E-state index in [0.717, 1.165) is 15.4 Å². The van der Waals surface area contributed by atoms with Gasteiger partial charge in [0.25, 0.3) is 0 Å². The van der Waals surface area contributed by atoms with Crippen LogP contribution in [0, 0.1) is 11.3 Å². The zero-order valence-electron chi connectivity index (χ0n) is 15.4. The predicted molar refractivity (Wildman–Crippen MR) is 123 cm³/mol. The maximum atomic E-state index is 9.64. The van der Waals surface area contributed by atoms with Crippen molar-refractivity contribution in [3.63, 3.8) is 0 Å². The Labute approximate surface area is 178 Å². The van der Waals surface area contributed by atoms with Crippen molar-refractivity contribution >= 4 is 80.6 Å². The molecule has 1 N–H and O–H groups in total. The second-order valence-corrected chi connectivity index (χ2v) is 9.72. The maximum absolute atomic E-state index is 9.64. The van der Waals surface area contributed by atoms with E-state index in [1.54, 1.807) is 34.0 Å². The number of aliphatic hydroxyl groups is 1. The standard InChI is InChI=1S/C21H15N3O2S3/c1-24(6-7-25)18-10-17-20(29-18)19-16(28-17)9-13(27-19)8-12(11-22)21-23-14-4-2-3-5-15(14)26-21/h2-5,8-10,25H,6-7H2,1H3/b12-8+. The number of allylic oxidation sites excluding steroid dienone is 1. The van der Waals surface area contributed by atoms with E-state index in [2.05, 4.69) is 28.1 Å². The molecule has 0 saturated carbocycles. The van der Waals surface area contributed by atoms with Crippen LogP contribution >= 0.6 is 34.0 Å². The van der Waals surface area contributed by atoms with Crippen LogP contribution in [-0.4, -0.2) is 30.3 Å². The first-order chi connectivity index (χ1) is 14.2. The molecule has 0 amide bonds. The molecule has 0 aliphatic heterocycles. The number of aliphatic hydroxyl groups excluding tert-OH is 1. The fourth-order valence-electron chi connectivity index (χ4n) is 3.13. The zero-order chi connectivity index (χ0) is 20.0. The van der Waals surface area contributed by atoms with Gasteiger partial charge in [-0.15, -0.1) is 34.0 Å². The van der Waals surface area contributed by atoms with E-state index in [0.29, 0.717) is 23.6 Å². The molecule has 0 atom stereocenters. The molecule has 0 bridgehead atoms. The normalized spacial score (nSPS) is 12.2. The number of benzene rings is 1. The highest BCUT2D eigenvalue weighted by molar-refractivity contribution is 7.39. The Morgan fingerprint density at radius 2 is 2.00 bits per heavy atom. The van der Waals surface area contributed by atoms with Crippen LogP contribution in [0.2, 0.25) is 0 Å². The molecule has 8 heteroatoms. The van der Waals surface area contributed by atoms with Crippen molar-refractivity contribution in [1.82, 2.24) is 4.98 Å². The fraction of sp³-hybridized carbons (Fsp3) is 0.143. The van der Waals surface area contributed by atoms with Crippen molar-refractivity contribution in [1.29, 1.82) is 5.26 Å². The number of nitriles is 1. The number of hydrogen-bond donors (Lipinski definition) is 1. The van der Waals surface area contributed by atoms with Gasteiger partial charge in [0, 0.05) is 27.9 Å². The van der Waals surface area contributed by atoms with Crippen LogP contribution in [0.15, 0.2) is 40.8 Å². The summed E-state index contributed by atoms with van der Waals surface area (Å²) in [5.74, 6) is 0.347. The Balaban J connectivity index is 1.54. The Bertz CT molecular complexity index is 1380. The van der Waals surface area contributed by atoms with Gasteiger partial charge in [-0.1, -0.05) is 12.1 Å². The summed E-state index contributed by atoms with van der Waals surface area (Å²) in [7, 11) is 1.99. The minimum absolute atomic E-state index is 0.137. The fourth-order valence-corrected chi connectivity index (χ4v) is 7.09. The van der Waals surface area contributed by atoms with Gasteiger partial charge in [-0.25, -0.2) is 4.98 Å². The molecule has 144 valence electrons. The van der Waals surface area contributed by atoms with Gasteiger partial charge in [-0.3, -0.25) is 0 Å². The third-order valence-electron chi connectivity index (χ3n) is 4.57. The third kappa shape index (κ3) is 3.22. The Morgan fingerprint density at radius 3 is 2.79 bits per heavy atom. The van der Waals surface area contributed by atoms with Crippen molar-refractivity contribution in [2.45, 2.75) is 0 Å².